The Hall–Kier alpha value is -2.90. The number of amides is 3. The van der Waals surface area contributed by atoms with Crippen molar-refractivity contribution in [1.29, 1.82) is 0 Å². The van der Waals surface area contributed by atoms with Crippen molar-refractivity contribution in [2.75, 3.05) is 43.5 Å². The third-order valence-corrected chi connectivity index (χ3v) is 5.19. The molecule has 0 saturated carbocycles. The predicted octanol–water partition coefficient (Wildman–Crippen LogP) is 3.42. The van der Waals surface area contributed by atoms with Crippen molar-refractivity contribution < 1.29 is 14.3 Å². The number of ether oxygens (including phenoxy) is 1. The predicted molar refractivity (Wildman–Crippen MR) is 119 cm³/mol. The minimum Gasteiger partial charge on any atom is -0.379 e. The lowest BCUT2D eigenvalue weighted by Gasteiger charge is -2.36. The van der Waals surface area contributed by atoms with Crippen LogP contribution in [0.1, 0.15) is 24.2 Å². The standard InChI is InChI=1S/C23H30N4O3/c1-17(2)21(27-12-14-30-15-13-27)16-24-22(28)18-8-10-20(11-9-18)26-23(29)25-19-6-4-3-5-7-19/h3-11,17,21H,12-16H2,1-2H3,(H,24,28)(H2,25,26,29)/t21-/m0/s1. The molecule has 2 aromatic rings. The van der Waals surface area contributed by atoms with E-state index >= 15 is 0 Å². The number of nitrogens with zero attached hydrogens (tertiary/aromatic N) is 1. The zero-order valence-electron chi connectivity index (χ0n) is 17.6. The second-order valence-corrected chi connectivity index (χ2v) is 7.69. The maximum absolute atomic E-state index is 12.6. The largest absolute Gasteiger partial charge is 0.379 e. The molecule has 7 nitrogen and oxygen atoms in total. The van der Waals surface area contributed by atoms with Crippen LogP contribution < -0.4 is 16.0 Å². The number of rotatable bonds is 7. The summed E-state index contributed by atoms with van der Waals surface area (Å²) in [5.41, 5.74) is 1.90. The lowest BCUT2D eigenvalue weighted by atomic mass is 10.0. The van der Waals surface area contributed by atoms with E-state index in [1.165, 1.54) is 0 Å². The maximum Gasteiger partial charge on any atom is 0.323 e. The van der Waals surface area contributed by atoms with Crippen molar-refractivity contribution in [2.45, 2.75) is 19.9 Å². The molecule has 160 valence electrons. The summed E-state index contributed by atoms with van der Waals surface area (Å²) in [5.74, 6) is 0.312. The minimum atomic E-state index is -0.330. The van der Waals surface area contributed by atoms with E-state index in [2.05, 4.69) is 34.7 Å². The lowest BCUT2D eigenvalue weighted by molar-refractivity contribution is 0.00673. The molecule has 1 aliphatic rings. The molecule has 3 rings (SSSR count). The van der Waals surface area contributed by atoms with Gasteiger partial charge in [-0.2, -0.15) is 0 Å². The molecule has 1 saturated heterocycles. The van der Waals surface area contributed by atoms with Crippen molar-refractivity contribution >= 4 is 23.3 Å². The van der Waals surface area contributed by atoms with Gasteiger partial charge in [0.05, 0.1) is 13.2 Å². The Balaban J connectivity index is 1.51. The first-order valence-electron chi connectivity index (χ1n) is 10.4. The van der Waals surface area contributed by atoms with Crippen LogP contribution in [0, 0.1) is 5.92 Å². The molecule has 0 unspecified atom stereocenters. The van der Waals surface area contributed by atoms with Crippen LogP contribution in [0.25, 0.3) is 0 Å². The topological polar surface area (TPSA) is 82.7 Å². The van der Waals surface area contributed by atoms with Crippen LogP contribution in [-0.4, -0.2) is 55.7 Å². The van der Waals surface area contributed by atoms with E-state index in [1.54, 1.807) is 24.3 Å². The Morgan fingerprint density at radius 1 is 0.933 bits per heavy atom. The van der Waals surface area contributed by atoms with Crippen molar-refractivity contribution in [3.63, 3.8) is 0 Å². The molecule has 0 aliphatic carbocycles. The summed E-state index contributed by atoms with van der Waals surface area (Å²) in [4.78, 5) is 27.0. The number of nitrogens with one attached hydrogen (secondary N) is 3. The minimum absolute atomic E-state index is 0.116. The van der Waals surface area contributed by atoms with E-state index in [9.17, 15) is 9.59 Å². The second-order valence-electron chi connectivity index (χ2n) is 7.69. The number of carbonyl (C=O) groups excluding carboxylic acids is 2. The van der Waals surface area contributed by atoms with E-state index in [1.807, 2.05) is 30.3 Å². The summed E-state index contributed by atoms with van der Waals surface area (Å²) in [6.07, 6.45) is 0. The van der Waals surface area contributed by atoms with Crippen LogP contribution in [0.4, 0.5) is 16.2 Å². The van der Waals surface area contributed by atoms with Gasteiger partial charge in [-0.05, 0) is 42.3 Å². The summed E-state index contributed by atoms with van der Waals surface area (Å²) < 4.78 is 5.43. The number of hydrogen-bond acceptors (Lipinski definition) is 4. The molecule has 30 heavy (non-hydrogen) atoms. The normalized spacial score (nSPS) is 15.4. The lowest BCUT2D eigenvalue weighted by Crippen LogP contribution is -2.51. The zero-order chi connectivity index (χ0) is 21.3. The summed E-state index contributed by atoms with van der Waals surface area (Å²) >= 11 is 0. The van der Waals surface area contributed by atoms with Crippen molar-refractivity contribution in [3.8, 4) is 0 Å². The second kappa shape index (κ2) is 10.8. The number of urea groups is 1. The molecule has 0 aromatic heterocycles. The fourth-order valence-electron chi connectivity index (χ4n) is 3.51. The van der Waals surface area contributed by atoms with Crippen LogP contribution in [-0.2, 0) is 4.74 Å². The highest BCUT2D eigenvalue weighted by molar-refractivity contribution is 6.00. The highest BCUT2D eigenvalue weighted by Gasteiger charge is 2.24. The first-order valence-corrected chi connectivity index (χ1v) is 10.4. The van der Waals surface area contributed by atoms with Crippen LogP contribution in [0.5, 0.6) is 0 Å². The van der Waals surface area contributed by atoms with Gasteiger partial charge >= 0.3 is 6.03 Å². The average Bonchev–Trinajstić information content (AvgIpc) is 2.75. The molecule has 1 atom stereocenters. The molecular weight excluding hydrogens is 380 g/mol. The number of carbonyl (C=O) groups is 2. The molecular formula is C23H30N4O3. The smallest absolute Gasteiger partial charge is 0.323 e. The molecule has 0 spiro atoms. The molecule has 3 N–H and O–H groups in total. The summed E-state index contributed by atoms with van der Waals surface area (Å²) in [6.45, 7) is 8.21. The van der Waals surface area contributed by atoms with Crippen LogP contribution >= 0.6 is 0 Å². The van der Waals surface area contributed by atoms with Gasteiger partial charge in [0.15, 0.2) is 0 Å². The molecule has 0 bridgehead atoms. The van der Waals surface area contributed by atoms with Gasteiger partial charge in [0.2, 0.25) is 0 Å². The van der Waals surface area contributed by atoms with Crippen LogP contribution in [0.2, 0.25) is 0 Å². The van der Waals surface area contributed by atoms with Gasteiger partial charge in [0.1, 0.15) is 0 Å². The van der Waals surface area contributed by atoms with E-state index in [0.29, 0.717) is 29.4 Å². The number of benzene rings is 2. The Bertz CT molecular complexity index is 818. The molecule has 2 aromatic carbocycles. The molecule has 7 heteroatoms. The molecule has 1 fully saturated rings. The molecule has 0 radical (unpaired) electrons. The highest BCUT2D eigenvalue weighted by Crippen LogP contribution is 2.14. The van der Waals surface area contributed by atoms with E-state index < -0.39 is 0 Å². The Kier molecular flexibility index (Phi) is 7.82. The molecule has 1 heterocycles. The third-order valence-electron chi connectivity index (χ3n) is 5.19. The Morgan fingerprint density at radius 3 is 2.13 bits per heavy atom. The fraction of sp³-hybridized carbons (Fsp3) is 0.391. The van der Waals surface area contributed by atoms with Gasteiger partial charge in [-0.3, -0.25) is 9.69 Å². The number of anilines is 2. The number of hydrogen-bond donors (Lipinski definition) is 3. The Morgan fingerprint density at radius 2 is 1.53 bits per heavy atom. The third kappa shape index (κ3) is 6.30. The summed E-state index contributed by atoms with van der Waals surface area (Å²) in [7, 11) is 0. The van der Waals surface area contributed by atoms with Gasteiger partial charge < -0.3 is 20.7 Å². The number of morpholine rings is 1. The van der Waals surface area contributed by atoms with Gasteiger partial charge in [-0.1, -0.05) is 32.0 Å². The molecule has 3 amide bonds. The van der Waals surface area contributed by atoms with Gasteiger partial charge in [-0.25, -0.2) is 4.79 Å². The first kappa shape index (κ1) is 21.8. The Labute approximate surface area is 177 Å². The number of para-hydroxylation sites is 1. The van der Waals surface area contributed by atoms with Crippen molar-refractivity contribution in [2.24, 2.45) is 5.92 Å². The first-order chi connectivity index (χ1) is 14.5. The van der Waals surface area contributed by atoms with E-state index in [0.717, 1.165) is 26.3 Å². The van der Waals surface area contributed by atoms with Gasteiger partial charge in [0, 0.05) is 42.6 Å². The van der Waals surface area contributed by atoms with Crippen LogP contribution in [0.15, 0.2) is 54.6 Å². The van der Waals surface area contributed by atoms with E-state index in [4.69, 9.17) is 4.74 Å². The van der Waals surface area contributed by atoms with Gasteiger partial charge in [-0.15, -0.1) is 0 Å². The quantitative estimate of drug-likeness (QED) is 0.653. The van der Waals surface area contributed by atoms with Crippen LogP contribution in [0.3, 0.4) is 0 Å². The maximum atomic E-state index is 12.6. The SMILES string of the molecule is CC(C)[C@H](CNC(=O)c1ccc(NC(=O)Nc2ccccc2)cc1)N1CCOCC1. The van der Waals surface area contributed by atoms with Crippen molar-refractivity contribution in [3.05, 3.63) is 60.2 Å². The monoisotopic (exact) mass is 410 g/mol. The summed E-state index contributed by atoms with van der Waals surface area (Å²) in [5, 5.41) is 8.57. The van der Waals surface area contributed by atoms with Crippen molar-refractivity contribution in [1.82, 2.24) is 10.2 Å². The fourth-order valence-corrected chi connectivity index (χ4v) is 3.51. The zero-order valence-corrected chi connectivity index (χ0v) is 17.6. The summed E-state index contributed by atoms with van der Waals surface area (Å²) in [6, 6.07) is 16.0. The molecule has 1 aliphatic heterocycles. The van der Waals surface area contributed by atoms with E-state index in [-0.39, 0.29) is 18.0 Å². The highest BCUT2D eigenvalue weighted by atomic mass is 16.5. The average molecular weight is 411 g/mol. The van der Waals surface area contributed by atoms with Gasteiger partial charge in [0.25, 0.3) is 5.91 Å².